The van der Waals surface area contributed by atoms with Crippen LogP contribution in [0.15, 0.2) is 59.0 Å². The lowest BCUT2D eigenvalue weighted by Crippen LogP contribution is -2.29. The number of rotatable bonds is 15. The minimum atomic E-state index is -1.82. The van der Waals surface area contributed by atoms with Crippen LogP contribution >= 0.6 is 11.8 Å². The SMILES string of the molecule is CN(C)CCCCCCNC(=O)Nc1ccc(-c2nnc(CSCCOc3ccccc3)o2)cc1.O=C(O)C(=O)O. The number of aromatic nitrogens is 2. The van der Waals surface area contributed by atoms with Gasteiger partial charge in [-0.25, -0.2) is 14.4 Å². The number of anilines is 1. The van der Waals surface area contributed by atoms with Crippen molar-refractivity contribution in [3.8, 4) is 17.2 Å². The van der Waals surface area contributed by atoms with Gasteiger partial charge in [0.05, 0.1) is 12.4 Å². The van der Waals surface area contributed by atoms with E-state index in [1.807, 2.05) is 54.6 Å². The Morgan fingerprint density at radius 2 is 1.61 bits per heavy atom. The molecule has 2 aromatic carbocycles. The molecule has 12 nitrogen and oxygen atoms in total. The summed E-state index contributed by atoms with van der Waals surface area (Å²) in [6.45, 7) is 2.40. The van der Waals surface area contributed by atoms with Crippen molar-refractivity contribution >= 4 is 35.4 Å². The van der Waals surface area contributed by atoms with Crippen molar-refractivity contribution in [2.45, 2.75) is 31.4 Å². The molecule has 3 aromatic rings. The van der Waals surface area contributed by atoms with Crippen molar-refractivity contribution in [2.75, 3.05) is 44.9 Å². The smallest absolute Gasteiger partial charge is 0.414 e. The van der Waals surface area contributed by atoms with Crippen LogP contribution in [-0.2, 0) is 15.3 Å². The number of nitrogens with zero attached hydrogens (tertiary/aromatic N) is 3. The van der Waals surface area contributed by atoms with Crippen LogP contribution in [0.2, 0.25) is 0 Å². The highest BCUT2D eigenvalue weighted by molar-refractivity contribution is 7.98. The second kappa shape index (κ2) is 19.1. The summed E-state index contributed by atoms with van der Waals surface area (Å²) < 4.78 is 11.5. The first-order valence-electron chi connectivity index (χ1n) is 13.1. The summed E-state index contributed by atoms with van der Waals surface area (Å²) in [6.07, 6.45) is 4.48. The molecule has 1 aromatic heterocycles. The van der Waals surface area contributed by atoms with Gasteiger partial charge in [0.2, 0.25) is 11.8 Å². The van der Waals surface area contributed by atoms with Gasteiger partial charge in [0, 0.05) is 23.5 Å². The first-order chi connectivity index (χ1) is 19.7. The average molecular weight is 588 g/mol. The Bertz CT molecular complexity index is 1180. The molecular formula is C28H37N5O7S. The summed E-state index contributed by atoms with van der Waals surface area (Å²) in [5.74, 6) is -0.286. The molecule has 4 N–H and O–H groups in total. The molecule has 0 spiro atoms. The Kier molecular flexibility index (Phi) is 15.4. The molecule has 3 rings (SSSR count). The van der Waals surface area contributed by atoms with Gasteiger partial charge < -0.3 is 34.9 Å². The predicted octanol–water partition coefficient (Wildman–Crippen LogP) is 4.45. The second-order valence-corrected chi connectivity index (χ2v) is 10.1. The highest BCUT2D eigenvalue weighted by atomic mass is 32.2. The van der Waals surface area contributed by atoms with Crippen LogP contribution in [0.1, 0.15) is 31.6 Å². The van der Waals surface area contributed by atoms with Gasteiger partial charge in [-0.1, -0.05) is 31.0 Å². The van der Waals surface area contributed by atoms with Crippen LogP contribution in [0.5, 0.6) is 5.75 Å². The maximum atomic E-state index is 12.1. The molecule has 0 saturated carbocycles. The van der Waals surface area contributed by atoms with Gasteiger partial charge in [-0.05, 0) is 69.9 Å². The summed E-state index contributed by atoms with van der Waals surface area (Å²) in [6, 6.07) is 16.9. The highest BCUT2D eigenvalue weighted by Crippen LogP contribution is 2.22. The van der Waals surface area contributed by atoms with Gasteiger partial charge in [0.1, 0.15) is 5.75 Å². The van der Waals surface area contributed by atoms with E-state index in [4.69, 9.17) is 29.0 Å². The average Bonchev–Trinajstić information content (AvgIpc) is 3.42. The van der Waals surface area contributed by atoms with Crippen LogP contribution < -0.4 is 15.4 Å². The molecule has 222 valence electrons. The van der Waals surface area contributed by atoms with Crippen LogP contribution in [0, 0.1) is 0 Å². The zero-order valence-electron chi connectivity index (χ0n) is 23.2. The lowest BCUT2D eigenvalue weighted by Gasteiger charge is -2.09. The summed E-state index contributed by atoms with van der Waals surface area (Å²) in [7, 11) is 4.17. The number of carbonyl (C=O) groups is 3. The number of hydrogen-bond donors (Lipinski definition) is 4. The monoisotopic (exact) mass is 587 g/mol. The maximum Gasteiger partial charge on any atom is 0.414 e. The van der Waals surface area contributed by atoms with Crippen LogP contribution in [0.3, 0.4) is 0 Å². The van der Waals surface area contributed by atoms with E-state index in [0.29, 0.717) is 36.4 Å². The number of amides is 2. The van der Waals surface area contributed by atoms with Crippen LogP contribution in [0.25, 0.3) is 11.5 Å². The fourth-order valence-corrected chi connectivity index (χ4v) is 3.94. The van der Waals surface area contributed by atoms with Gasteiger partial charge in [0.15, 0.2) is 0 Å². The van der Waals surface area contributed by atoms with Crippen molar-refractivity contribution in [3.05, 3.63) is 60.5 Å². The first kappa shape index (κ1) is 33.1. The molecular weight excluding hydrogens is 550 g/mol. The van der Waals surface area contributed by atoms with E-state index in [-0.39, 0.29) is 6.03 Å². The molecule has 2 amide bonds. The minimum absolute atomic E-state index is 0.195. The van der Waals surface area contributed by atoms with Crippen molar-refractivity contribution in [1.29, 1.82) is 0 Å². The normalized spacial score (nSPS) is 10.4. The number of hydrogen-bond acceptors (Lipinski definition) is 9. The third-order valence-corrected chi connectivity index (χ3v) is 6.23. The molecule has 0 aliphatic rings. The zero-order chi connectivity index (χ0) is 29.9. The number of thioether (sulfide) groups is 1. The Balaban J connectivity index is 0.000000883. The molecule has 1 heterocycles. The highest BCUT2D eigenvalue weighted by Gasteiger charge is 2.09. The van der Waals surface area contributed by atoms with Gasteiger partial charge in [-0.2, -0.15) is 0 Å². The Hall–Kier alpha value is -4.10. The van der Waals surface area contributed by atoms with Gasteiger partial charge in [0.25, 0.3) is 0 Å². The maximum absolute atomic E-state index is 12.1. The van der Waals surface area contributed by atoms with Gasteiger partial charge in [-0.15, -0.1) is 22.0 Å². The zero-order valence-corrected chi connectivity index (χ0v) is 24.1. The third-order valence-electron chi connectivity index (χ3n) is 5.32. The molecule has 0 aliphatic heterocycles. The molecule has 0 saturated heterocycles. The molecule has 0 fully saturated rings. The number of nitrogens with one attached hydrogen (secondary N) is 2. The number of aliphatic carboxylic acids is 2. The first-order valence-corrected chi connectivity index (χ1v) is 14.2. The second-order valence-electron chi connectivity index (χ2n) is 9.00. The van der Waals surface area contributed by atoms with E-state index in [1.54, 1.807) is 11.8 Å². The molecule has 0 atom stereocenters. The number of carboxylic acids is 2. The van der Waals surface area contributed by atoms with E-state index in [9.17, 15) is 4.79 Å². The van der Waals surface area contributed by atoms with Crippen molar-refractivity contribution in [2.24, 2.45) is 0 Å². The summed E-state index contributed by atoms with van der Waals surface area (Å²) in [4.78, 5) is 32.5. The fraction of sp³-hybridized carbons (Fsp3) is 0.393. The molecule has 0 aliphatic carbocycles. The van der Waals surface area contributed by atoms with Crippen molar-refractivity contribution in [3.63, 3.8) is 0 Å². The summed E-state index contributed by atoms with van der Waals surface area (Å²) in [5.41, 5.74) is 1.52. The number of benzene rings is 2. The third kappa shape index (κ3) is 14.7. The van der Waals surface area contributed by atoms with E-state index < -0.39 is 11.9 Å². The van der Waals surface area contributed by atoms with Crippen LogP contribution in [-0.4, -0.2) is 82.8 Å². The van der Waals surface area contributed by atoms with Gasteiger partial charge in [-0.3, -0.25) is 0 Å². The topological polar surface area (TPSA) is 167 Å². The van der Waals surface area contributed by atoms with Crippen LogP contribution in [0.4, 0.5) is 10.5 Å². The van der Waals surface area contributed by atoms with E-state index in [2.05, 4.69) is 39.8 Å². The molecule has 13 heteroatoms. The Morgan fingerprint density at radius 1 is 0.927 bits per heavy atom. The van der Waals surface area contributed by atoms with Gasteiger partial charge >= 0.3 is 18.0 Å². The summed E-state index contributed by atoms with van der Waals surface area (Å²) >= 11 is 1.68. The Morgan fingerprint density at radius 3 is 2.27 bits per heavy atom. The minimum Gasteiger partial charge on any atom is -0.493 e. The number of unbranched alkanes of at least 4 members (excludes halogenated alkanes) is 3. The lowest BCUT2D eigenvalue weighted by molar-refractivity contribution is -0.159. The number of para-hydroxylation sites is 1. The largest absolute Gasteiger partial charge is 0.493 e. The number of carboxylic acid groups (broad SMARTS) is 2. The predicted molar refractivity (Wildman–Crippen MR) is 157 cm³/mol. The van der Waals surface area contributed by atoms with Crippen molar-refractivity contribution < 1.29 is 33.8 Å². The molecule has 0 unspecified atom stereocenters. The molecule has 0 radical (unpaired) electrons. The number of ether oxygens (including phenoxy) is 1. The molecule has 41 heavy (non-hydrogen) atoms. The molecule has 0 bridgehead atoms. The Labute approximate surface area is 243 Å². The quantitative estimate of drug-likeness (QED) is 0.146. The summed E-state index contributed by atoms with van der Waals surface area (Å²) in [5, 5.41) is 28.8. The number of carbonyl (C=O) groups excluding carboxylic acids is 1. The van der Waals surface area contributed by atoms with E-state index in [0.717, 1.165) is 36.5 Å². The van der Waals surface area contributed by atoms with E-state index in [1.165, 1.54) is 12.8 Å². The standard InChI is InChI=1S/C26H35N5O3S.C2H2O4/c1-31(2)17-9-4-3-8-16-27-26(32)28-22-14-12-21(13-15-22)25-30-29-24(34-25)20-35-19-18-33-23-10-6-5-7-11-23;3-1(4)2(5)6/h5-7,10-15H,3-4,8-9,16-20H2,1-2H3,(H2,27,28,32);(H,3,4)(H,5,6). The van der Waals surface area contributed by atoms with E-state index >= 15 is 0 Å². The fourth-order valence-electron chi connectivity index (χ4n) is 3.30. The number of urea groups is 1. The van der Waals surface area contributed by atoms with Crippen molar-refractivity contribution in [1.82, 2.24) is 20.4 Å². The lowest BCUT2D eigenvalue weighted by atomic mass is 10.2.